The molecule has 0 aliphatic heterocycles. The fourth-order valence-electron chi connectivity index (χ4n) is 4.13. The van der Waals surface area contributed by atoms with Crippen molar-refractivity contribution in [2.75, 3.05) is 18.5 Å². The van der Waals surface area contributed by atoms with Gasteiger partial charge >= 0.3 is 11.9 Å². The molecule has 2 aromatic heterocycles. The van der Waals surface area contributed by atoms with Gasteiger partial charge in [-0.1, -0.05) is 20.8 Å². The van der Waals surface area contributed by atoms with Gasteiger partial charge in [-0.05, 0) is 56.4 Å². The second-order valence-corrected chi connectivity index (χ2v) is 10.9. The summed E-state index contributed by atoms with van der Waals surface area (Å²) in [5, 5.41) is 6.50. The van der Waals surface area contributed by atoms with Crippen LogP contribution in [-0.2, 0) is 36.7 Å². The van der Waals surface area contributed by atoms with Crippen LogP contribution in [0.2, 0.25) is 0 Å². The molecule has 220 valence electrons. The Hall–Kier alpha value is -3.93. The zero-order chi connectivity index (χ0) is 30.2. The summed E-state index contributed by atoms with van der Waals surface area (Å²) >= 11 is 4.65. The second-order valence-electron chi connectivity index (χ2n) is 10.4. The number of nitrogens with one attached hydrogen (secondary N) is 3. The number of esters is 2. The van der Waals surface area contributed by atoms with E-state index in [0.717, 1.165) is 10.9 Å². The SMILES string of the molecule is CCOC(=O)CC[C@H](NC(=O)c1ccc(S)c(CCc2c[nH]c3ncncc23)c1NC(=O)C(C)(C)C)C(=O)OCC. The van der Waals surface area contributed by atoms with Gasteiger partial charge < -0.3 is 25.1 Å². The lowest BCUT2D eigenvalue weighted by atomic mass is 9.94. The van der Waals surface area contributed by atoms with E-state index in [1.807, 2.05) is 6.20 Å². The van der Waals surface area contributed by atoms with E-state index in [4.69, 9.17) is 9.47 Å². The van der Waals surface area contributed by atoms with E-state index < -0.39 is 29.3 Å². The summed E-state index contributed by atoms with van der Waals surface area (Å²) in [5.74, 6) is -2.06. The van der Waals surface area contributed by atoms with E-state index >= 15 is 0 Å². The molecule has 2 heterocycles. The smallest absolute Gasteiger partial charge is 0.328 e. The maximum Gasteiger partial charge on any atom is 0.328 e. The van der Waals surface area contributed by atoms with Crippen LogP contribution in [0.25, 0.3) is 11.0 Å². The maximum atomic E-state index is 13.6. The van der Waals surface area contributed by atoms with E-state index in [1.165, 1.54) is 6.33 Å². The number of thiol groups is 1. The third-order valence-electron chi connectivity index (χ3n) is 6.36. The fraction of sp³-hybridized carbons (Fsp3) is 0.448. The number of aromatic amines is 1. The molecule has 12 heteroatoms. The molecule has 1 atom stereocenters. The highest BCUT2D eigenvalue weighted by Crippen LogP contribution is 2.31. The molecule has 0 aliphatic carbocycles. The summed E-state index contributed by atoms with van der Waals surface area (Å²) in [5.41, 5.74) is 2.05. The highest BCUT2D eigenvalue weighted by molar-refractivity contribution is 7.80. The highest BCUT2D eigenvalue weighted by atomic mass is 32.1. The molecule has 0 spiro atoms. The minimum atomic E-state index is -1.09. The van der Waals surface area contributed by atoms with Gasteiger partial charge in [0, 0.05) is 34.5 Å². The van der Waals surface area contributed by atoms with Crippen molar-refractivity contribution in [2.45, 2.75) is 71.2 Å². The average Bonchev–Trinajstić information content (AvgIpc) is 3.33. The van der Waals surface area contributed by atoms with Crippen molar-refractivity contribution in [1.29, 1.82) is 0 Å². The molecular formula is C29H37N5O6S. The Labute approximate surface area is 244 Å². The molecular weight excluding hydrogens is 546 g/mol. The summed E-state index contributed by atoms with van der Waals surface area (Å²) in [4.78, 5) is 63.4. The van der Waals surface area contributed by atoms with Gasteiger partial charge in [-0.2, -0.15) is 0 Å². The van der Waals surface area contributed by atoms with Crippen LogP contribution in [-0.4, -0.2) is 58.0 Å². The summed E-state index contributed by atoms with van der Waals surface area (Å²) < 4.78 is 10.1. The number of benzene rings is 1. The van der Waals surface area contributed by atoms with Crippen LogP contribution in [0.4, 0.5) is 5.69 Å². The first-order valence-corrected chi connectivity index (χ1v) is 14.0. The quantitative estimate of drug-likeness (QED) is 0.184. The van der Waals surface area contributed by atoms with Crippen molar-refractivity contribution in [3.05, 3.63) is 47.5 Å². The number of hydrogen-bond donors (Lipinski definition) is 4. The topological polar surface area (TPSA) is 152 Å². The summed E-state index contributed by atoms with van der Waals surface area (Å²) in [6.45, 7) is 8.95. The molecule has 0 saturated heterocycles. The van der Waals surface area contributed by atoms with Gasteiger partial charge in [0.2, 0.25) is 5.91 Å². The molecule has 0 aliphatic rings. The van der Waals surface area contributed by atoms with Crippen LogP contribution in [0.5, 0.6) is 0 Å². The number of H-pyrrole nitrogens is 1. The number of rotatable bonds is 12. The van der Waals surface area contributed by atoms with Crippen LogP contribution in [0.3, 0.4) is 0 Å². The number of aryl methyl sites for hydroxylation is 1. The van der Waals surface area contributed by atoms with Gasteiger partial charge in [0.15, 0.2) is 0 Å². The number of aromatic nitrogens is 3. The minimum Gasteiger partial charge on any atom is -0.466 e. The Kier molecular flexibility index (Phi) is 10.9. The molecule has 11 nitrogen and oxygen atoms in total. The lowest BCUT2D eigenvalue weighted by Crippen LogP contribution is -2.42. The number of carbonyl (C=O) groups is 4. The van der Waals surface area contributed by atoms with Gasteiger partial charge in [-0.25, -0.2) is 14.8 Å². The van der Waals surface area contributed by atoms with E-state index in [1.54, 1.807) is 52.9 Å². The van der Waals surface area contributed by atoms with E-state index in [0.29, 0.717) is 34.6 Å². The zero-order valence-electron chi connectivity index (χ0n) is 24.0. The molecule has 1 aromatic carbocycles. The van der Waals surface area contributed by atoms with Crippen LogP contribution in [0, 0.1) is 5.41 Å². The number of amides is 2. The predicted octanol–water partition coefficient (Wildman–Crippen LogP) is 4.02. The molecule has 3 aromatic rings. The lowest BCUT2D eigenvalue weighted by Gasteiger charge is -2.23. The molecule has 3 N–H and O–H groups in total. The van der Waals surface area contributed by atoms with Gasteiger partial charge in [0.1, 0.15) is 18.0 Å². The first-order chi connectivity index (χ1) is 19.5. The van der Waals surface area contributed by atoms with Crippen molar-refractivity contribution in [1.82, 2.24) is 20.3 Å². The molecule has 0 unspecified atom stereocenters. The molecule has 0 saturated carbocycles. The average molecular weight is 584 g/mol. The third kappa shape index (κ3) is 8.29. The van der Waals surface area contributed by atoms with Crippen molar-refractivity contribution < 1.29 is 28.7 Å². The highest BCUT2D eigenvalue weighted by Gasteiger charge is 2.29. The Balaban J connectivity index is 1.96. The number of anilines is 1. The normalized spacial score (nSPS) is 12.0. The minimum absolute atomic E-state index is 0.00671. The van der Waals surface area contributed by atoms with E-state index in [-0.39, 0.29) is 37.5 Å². The number of hydrogen-bond acceptors (Lipinski definition) is 9. The van der Waals surface area contributed by atoms with Crippen molar-refractivity contribution in [2.24, 2.45) is 5.41 Å². The van der Waals surface area contributed by atoms with Crippen molar-refractivity contribution in [3.63, 3.8) is 0 Å². The van der Waals surface area contributed by atoms with Crippen molar-refractivity contribution >= 4 is 53.1 Å². The Bertz CT molecular complexity index is 1410. The lowest BCUT2D eigenvalue weighted by molar-refractivity contribution is -0.146. The number of ether oxygens (including phenoxy) is 2. The van der Waals surface area contributed by atoms with Gasteiger partial charge in [-0.3, -0.25) is 14.4 Å². The summed E-state index contributed by atoms with van der Waals surface area (Å²) in [6, 6.07) is 2.13. The first kappa shape index (κ1) is 31.6. The molecule has 0 fully saturated rings. The van der Waals surface area contributed by atoms with Gasteiger partial charge in [-0.15, -0.1) is 12.6 Å². The summed E-state index contributed by atoms with van der Waals surface area (Å²) in [6.07, 6.45) is 5.95. The zero-order valence-corrected chi connectivity index (χ0v) is 24.9. The standard InChI is InChI=1S/C29H37N5O6S/c1-6-39-23(35)13-11-21(27(37)40-7-2)33-26(36)19-10-12-22(41)18(24(19)34-28(38)29(3,4)5)9-8-17-14-31-25-20(17)15-30-16-32-25/h10,12,14-16,21,41H,6-9,11,13H2,1-5H3,(H,33,36)(H,34,38)(H,30,31,32)/t21-/m0/s1. The number of nitrogens with zero attached hydrogens (tertiary/aromatic N) is 2. The Morgan fingerprint density at radius 1 is 1.07 bits per heavy atom. The van der Waals surface area contributed by atoms with Gasteiger partial charge in [0.25, 0.3) is 5.91 Å². The fourth-order valence-corrected chi connectivity index (χ4v) is 4.42. The van der Waals surface area contributed by atoms with E-state index in [9.17, 15) is 19.2 Å². The molecule has 0 bridgehead atoms. The second kappa shape index (κ2) is 14.1. The van der Waals surface area contributed by atoms with E-state index in [2.05, 4.69) is 38.2 Å². The maximum absolute atomic E-state index is 13.6. The monoisotopic (exact) mass is 583 g/mol. The molecule has 0 radical (unpaired) electrons. The Morgan fingerprint density at radius 3 is 2.49 bits per heavy atom. The van der Waals surface area contributed by atoms with Crippen LogP contribution >= 0.6 is 12.6 Å². The van der Waals surface area contributed by atoms with Crippen molar-refractivity contribution in [3.8, 4) is 0 Å². The third-order valence-corrected chi connectivity index (χ3v) is 6.78. The summed E-state index contributed by atoms with van der Waals surface area (Å²) in [7, 11) is 0. The largest absolute Gasteiger partial charge is 0.466 e. The number of carbonyl (C=O) groups excluding carboxylic acids is 4. The van der Waals surface area contributed by atoms with Crippen LogP contribution in [0.1, 0.15) is 68.9 Å². The van der Waals surface area contributed by atoms with Crippen LogP contribution < -0.4 is 10.6 Å². The first-order valence-electron chi connectivity index (χ1n) is 13.5. The van der Waals surface area contributed by atoms with Gasteiger partial charge in [0.05, 0.1) is 24.5 Å². The van der Waals surface area contributed by atoms with Crippen LogP contribution in [0.15, 0.2) is 35.7 Å². The number of fused-ring (bicyclic) bond motifs is 1. The predicted molar refractivity (Wildman–Crippen MR) is 157 cm³/mol. The Morgan fingerprint density at radius 2 is 1.80 bits per heavy atom. The molecule has 2 amide bonds. The molecule has 3 rings (SSSR count). The molecule has 41 heavy (non-hydrogen) atoms.